The van der Waals surface area contributed by atoms with Gasteiger partial charge in [0, 0.05) is 12.0 Å². The first kappa shape index (κ1) is 12.7. The minimum Gasteiger partial charge on any atom is -0.508 e. The molecule has 0 radical (unpaired) electrons. The highest BCUT2D eigenvalue weighted by Gasteiger charge is 2.34. The number of ether oxygens (including phenoxy) is 1. The molecule has 1 atom stereocenters. The summed E-state index contributed by atoms with van der Waals surface area (Å²) in [6.45, 7) is 0. The zero-order valence-electron chi connectivity index (χ0n) is 9.33. The number of hydrogen-bond acceptors (Lipinski definition) is 3. The lowest BCUT2D eigenvalue weighted by atomic mass is 10.00. The van der Waals surface area contributed by atoms with Crippen LogP contribution in [0.1, 0.15) is 41.3 Å². The van der Waals surface area contributed by atoms with Crippen molar-refractivity contribution in [3.63, 3.8) is 0 Å². The van der Waals surface area contributed by atoms with Crippen LogP contribution in [0.2, 0.25) is 0 Å². The van der Waals surface area contributed by atoms with Crippen LogP contribution in [0.4, 0.5) is 13.2 Å². The van der Waals surface area contributed by atoms with Crippen LogP contribution in [0.15, 0.2) is 18.2 Å². The molecule has 0 saturated carbocycles. The number of cyclic esters (lactones) is 1. The number of benzene rings is 1. The fourth-order valence-electron chi connectivity index (χ4n) is 2.01. The first-order valence-corrected chi connectivity index (χ1v) is 5.48. The highest BCUT2D eigenvalue weighted by Crippen LogP contribution is 2.40. The molecule has 1 aromatic carbocycles. The molecule has 0 aromatic heterocycles. The van der Waals surface area contributed by atoms with Gasteiger partial charge < -0.3 is 9.84 Å². The summed E-state index contributed by atoms with van der Waals surface area (Å²) in [6, 6.07) is 4.37. The molecular weight excluding hydrogens is 249 g/mol. The highest BCUT2D eigenvalue weighted by molar-refractivity contribution is 5.94. The normalized spacial score (nSPS) is 18.6. The molecule has 18 heavy (non-hydrogen) atoms. The largest absolute Gasteiger partial charge is 0.508 e. The van der Waals surface area contributed by atoms with E-state index in [0.717, 1.165) is 0 Å². The van der Waals surface area contributed by atoms with Crippen LogP contribution in [-0.4, -0.2) is 17.3 Å². The number of carbonyl (C=O) groups excluding carboxylic acids is 1. The van der Waals surface area contributed by atoms with E-state index in [1.165, 1.54) is 18.2 Å². The molecule has 0 spiro atoms. The molecule has 6 heteroatoms. The minimum atomic E-state index is -4.22. The van der Waals surface area contributed by atoms with Crippen molar-refractivity contribution in [2.45, 2.75) is 31.5 Å². The Morgan fingerprint density at radius 3 is 2.72 bits per heavy atom. The van der Waals surface area contributed by atoms with Crippen molar-refractivity contribution in [3.05, 3.63) is 29.3 Å². The van der Waals surface area contributed by atoms with Crippen LogP contribution < -0.4 is 0 Å². The Balaban J connectivity index is 2.08. The Hall–Kier alpha value is -1.72. The summed E-state index contributed by atoms with van der Waals surface area (Å²) in [4.78, 5) is 11.4. The predicted molar refractivity (Wildman–Crippen MR) is 56.2 cm³/mol. The van der Waals surface area contributed by atoms with Crippen molar-refractivity contribution in [3.8, 4) is 5.75 Å². The van der Waals surface area contributed by atoms with Gasteiger partial charge in [0.05, 0.1) is 5.56 Å². The summed E-state index contributed by atoms with van der Waals surface area (Å²) < 4.78 is 41.0. The Bertz CT molecular complexity index is 468. The van der Waals surface area contributed by atoms with Crippen LogP contribution >= 0.6 is 0 Å². The first-order valence-electron chi connectivity index (χ1n) is 5.48. The molecule has 1 heterocycles. The fraction of sp³-hybridized carbons (Fsp3) is 0.417. The summed E-state index contributed by atoms with van der Waals surface area (Å²) in [5.41, 5.74) is 0.525. The van der Waals surface area contributed by atoms with Gasteiger partial charge in [-0.25, -0.2) is 4.79 Å². The topological polar surface area (TPSA) is 46.5 Å². The maximum atomic E-state index is 12.0. The van der Waals surface area contributed by atoms with E-state index in [-0.39, 0.29) is 24.2 Å². The van der Waals surface area contributed by atoms with E-state index in [2.05, 4.69) is 0 Å². The van der Waals surface area contributed by atoms with Gasteiger partial charge in [0.2, 0.25) is 0 Å². The maximum Gasteiger partial charge on any atom is 0.389 e. The summed E-state index contributed by atoms with van der Waals surface area (Å²) in [5, 5.41) is 9.62. The summed E-state index contributed by atoms with van der Waals surface area (Å²) >= 11 is 0. The maximum absolute atomic E-state index is 12.0. The zero-order valence-corrected chi connectivity index (χ0v) is 9.33. The molecule has 1 aromatic rings. The molecule has 2 rings (SSSR count). The lowest BCUT2D eigenvalue weighted by Gasteiger charge is -2.12. The Morgan fingerprint density at radius 1 is 1.33 bits per heavy atom. The zero-order chi connectivity index (χ0) is 13.3. The second-order valence-electron chi connectivity index (χ2n) is 4.14. The van der Waals surface area contributed by atoms with E-state index < -0.39 is 24.7 Å². The Labute approximate surface area is 101 Å². The molecule has 1 aliphatic rings. The number of aromatic hydroxyl groups is 1. The molecule has 0 saturated heterocycles. The molecule has 0 amide bonds. The van der Waals surface area contributed by atoms with E-state index in [4.69, 9.17) is 4.74 Å². The fourth-order valence-corrected chi connectivity index (χ4v) is 2.01. The SMILES string of the molecule is O=C1OC(CCCC(F)(F)F)c2c(O)cccc21. The van der Waals surface area contributed by atoms with Crippen LogP contribution in [0, 0.1) is 0 Å². The Kier molecular flexibility index (Phi) is 3.19. The number of carbonyl (C=O) groups is 1. The number of halogens is 3. The van der Waals surface area contributed by atoms with Crippen LogP contribution in [-0.2, 0) is 4.74 Å². The molecule has 1 aliphatic heterocycles. The van der Waals surface area contributed by atoms with E-state index in [9.17, 15) is 23.1 Å². The lowest BCUT2D eigenvalue weighted by Crippen LogP contribution is -2.08. The van der Waals surface area contributed by atoms with Gasteiger partial charge in [-0.2, -0.15) is 13.2 Å². The second-order valence-corrected chi connectivity index (χ2v) is 4.14. The van der Waals surface area contributed by atoms with Crippen LogP contribution in [0.3, 0.4) is 0 Å². The number of phenolic OH excluding ortho intramolecular Hbond substituents is 1. The van der Waals surface area contributed by atoms with Gasteiger partial charge in [0.1, 0.15) is 11.9 Å². The van der Waals surface area contributed by atoms with Gasteiger partial charge >= 0.3 is 12.1 Å². The molecule has 1 N–H and O–H groups in total. The molecule has 1 unspecified atom stereocenters. The minimum absolute atomic E-state index is 0.0514. The molecular formula is C12H11F3O3. The number of fused-ring (bicyclic) bond motifs is 1. The standard InChI is InChI=1S/C12H11F3O3/c13-12(14,15)6-2-5-9-10-7(11(17)18-9)3-1-4-8(10)16/h1,3-4,9,16H,2,5-6H2. The molecule has 0 fully saturated rings. The number of esters is 1. The van der Waals surface area contributed by atoms with Crippen LogP contribution in [0.25, 0.3) is 0 Å². The van der Waals surface area contributed by atoms with E-state index in [1.54, 1.807) is 0 Å². The number of rotatable bonds is 3. The number of hydrogen-bond donors (Lipinski definition) is 1. The third-order valence-electron chi connectivity index (χ3n) is 2.80. The van der Waals surface area contributed by atoms with Crippen molar-refractivity contribution in [2.75, 3.05) is 0 Å². The summed E-state index contributed by atoms with van der Waals surface area (Å²) in [5.74, 6) is -0.715. The van der Waals surface area contributed by atoms with E-state index >= 15 is 0 Å². The quantitative estimate of drug-likeness (QED) is 0.848. The van der Waals surface area contributed by atoms with Gasteiger partial charge in [-0.15, -0.1) is 0 Å². The van der Waals surface area contributed by atoms with Crippen molar-refractivity contribution in [2.24, 2.45) is 0 Å². The molecule has 0 bridgehead atoms. The highest BCUT2D eigenvalue weighted by atomic mass is 19.4. The van der Waals surface area contributed by atoms with Gasteiger partial charge in [0.15, 0.2) is 0 Å². The Morgan fingerprint density at radius 2 is 2.06 bits per heavy atom. The second kappa shape index (κ2) is 4.51. The molecule has 0 aliphatic carbocycles. The van der Waals surface area contributed by atoms with Crippen molar-refractivity contribution < 1.29 is 27.8 Å². The van der Waals surface area contributed by atoms with Crippen molar-refractivity contribution in [1.29, 1.82) is 0 Å². The number of alkyl halides is 3. The van der Waals surface area contributed by atoms with E-state index in [0.29, 0.717) is 5.56 Å². The van der Waals surface area contributed by atoms with Crippen molar-refractivity contribution in [1.82, 2.24) is 0 Å². The molecule has 3 nitrogen and oxygen atoms in total. The summed E-state index contributed by atoms with van der Waals surface area (Å²) in [7, 11) is 0. The van der Waals surface area contributed by atoms with Gasteiger partial charge in [-0.1, -0.05) is 6.07 Å². The smallest absolute Gasteiger partial charge is 0.389 e. The van der Waals surface area contributed by atoms with Crippen molar-refractivity contribution >= 4 is 5.97 Å². The van der Waals surface area contributed by atoms with Crippen LogP contribution in [0.5, 0.6) is 5.75 Å². The van der Waals surface area contributed by atoms with Gasteiger partial charge in [-0.3, -0.25) is 0 Å². The van der Waals surface area contributed by atoms with E-state index in [1.807, 2.05) is 0 Å². The monoisotopic (exact) mass is 260 g/mol. The summed E-state index contributed by atoms with van der Waals surface area (Å²) in [6.07, 6.45) is -6.02. The van der Waals surface area contributed by atoms with Gasteiger partial charge in [0.25, 0.3) is 0 Å². The van der Waals surface area contributed by atoms with Gasteiger partial charge in [-0.05, 0) is 25.0 Å². The average molecular weight is 260 g/mol. The third kappa shape index (κ3) is 2.57. The third-order valence-corrected chi connectivity index (χ3v) is 2.80. The first-order chi connectivity index (χ1) is 8.38. The lowest BCUT2D eigenvalue weighted by molar-refractivity contribution is -0.136. The number of phenols is 1. The predicted octanol–water partition coefficient (Wildman–Crippen LogP) is 3.34. The molecule has 98 valence electrons. The average Bonchev–Trinajstić information content (AvgIpc) is 2.56.